The Morgan fingerprint density at radius 3 is 2.66 bits per heavy atom. The summed E-state index contributed by atoms with van der Waals surface area (Å²) in [6.07, 6.45) is 0.303. The summed E-state index contributed by atoms with van der Waals surface area (Å²) in [5, 5.41) is 12.9. The molecule has 0 radical (unpaired) electrons. The lowest BCUT2D eigenvalue weighted by atomic mass is 10.2. The maximum absolute atomic E-state index is 12.5. The van der Waals surface area contributed by atoms with Crippen LogP contribution in [0.25, 0.3) is 5.69 Å². The minimum atomic E-state index is -0.103. The summed E-state index contributed by atoms with van der Waals surface area (Å²) in [7, 11) is 0. The van der Waals surface area contributed by atoms with Gasteiger partial charge in [0, 0.05) is 34.6 Å². The second kappa shape index (κ2) is 10.7. The second-order valence-electron chi connectivity index (χ2n) is 7.53. The van der Waals surface area contributed by atoms with Gasteiger partial charge in [-0.3, -0.25) is 9.36 Å². The van der Waals surface area contributed by atoms with E-state index < -0.39 is 0 Å². The number of carbonyl (C=O) groups is 1. The Morgan fingerprint density at radius 2 is 1.83 bits per heavy atom. The molecule has 1 aliphatic rings. The molecule has 1 aromatic heterocycles. The maximum Gasteiger partial charge on any atom is 0.231 e. The summed E-state index contributed by atoms with van der Waals surface area (Å²) in [4.78, 5) is 12.5. The Balaban J connectivity index is 1.23. The van der Waals surface area contributed by atoms with Gasteiger partial charge in [-0.2, -0.15) is 0 Å². The number of hydrogen-bond donors (Lipinski definition) is 1. The minimum Gasteiger partial charge on any atom is -0.486 e. The minimum absolute atomic E-state index is 0.103. The zero-order valence-corrected chi connectivity index (χ0v) is 20.1. The number of nitrogens with zero attached hydrogens (tertiary/aromatic N) is 3. The molecule has 0 unspecified atom stereocenters. The largest absolute Gasteiger partial charge is 0.486 e. The molecule has 2 heterocycles. The van der Waals surface area contributed by atoms with Gasteiger partial charge in [0.15, 0.2) is 22.5 Å². The van der Waals surface area contributed by atoms with Gasteiger partial charge < -0.3 is 19.5 Å². The fraction of sp³-hybridized carbons (Fsp3) is 0.160. The quantitative estimate of drug-likeness (QED) is 0.305. The van der Waals surface area contributed by atoms with Crippen molar-refractivity contribution in [2.45, 2.75) is 18.2 Å². The molecule has 10 heteroatoms. The van der Waals surface area contributed by atoms with Gasteiger partial charge in [-0.25, -0.2) is 0 Å². The highest BCUT2D eigenvalue weighted by Crippen LogP contribution is 2.34. The number of rotatable bonds is 9. The van der Waals surface area contributed by atoms with Gasteiger partial charge in [0.1, 0.15) is 12.4 Å². The number of hydrogen-bond acceptors (Lipinski definition) is 7. The topological polar surface area (TPSA) is 87.5 Å². The molecule has 0 bridgehead atoms. The average molecular weight is 509 g/mol. The SMILES string of the molecule is O=C(CCSc1nnc(COc2ccc(Cl)cc2)n1-c1ccccc1)Nc1ccc2c(c1)OCO2. The number of aromatic nitrogens is 3. The van der Waals surface area contributed by atoms with E-state index in [-0.39, 0.29) is 19.3 Å². The van der Waals surface area contributed by atoms with Gasteiger partial charge in [-0.05, 0) is 48.5 Å². The van der Waals surface area contributed by atoms with Gasteiger partial charge in [0.25, 0.3) is 0 Å². The molecule has 3 aromatic carbocycles. The van der Waals surface area contributed by atoms with Gasteiger partial charge in [-0.15, -0.1) is 10.2 Å². The molecule has 1 aliphatic heterocycles. The van der Waals surface area contributed by atoms with Gasteiger partial charge in [-0.1, -0.05) is 41.6 Å². The molecule has 0 saturated carbocycles. The smallest absolute Gasteiger partial charge is 0.231 e. The first-order valence-electron chi connectivity index (χ1n) is 10.9. The number of para-hydroxylation sites is 1. The van der Waals surface area contributed by atoms with Crippen LogP contribution in [0.5, 0.6) is 17.2 Å². The highest BCUT2D eigenvalue weighted by Gasteiger charge is 2.17. The van der Waals surface area contributed by atoms with E-state index in [1.165, 1.54) is 11.8 Å². The Labute approximate surface area is 211 Å². The van der Waals surface area contributed by atoms with Crippen molar-refractivity contribution < 1.29 is 19.0 Å². The Hall–Kier alpha value is -3.69. The molecule has 1 N–H and O–H groups in total. The average Bonchev–Trinajstić information content (AvgIpc) is 3.51. The molecule has 0 spiro atoms. The first-order chi connectivity index (χ1) is 17.2. The molecule has 178 valence electrons. The van der Waals surface area contributed by atoms with Crippen molar-refractivity contribution in [1.82, 2.24) is 14.8 Å². The molecule has 35 heavy (non-hydrogen) atoms. The van der Waals surface area contributed by atoms with Crippen molar-refractivity contribution in [2.75, 3.05) is 17.9 Å². The zero-order valence-electron chi connectivity index (χ0n) is 18.5. The third kappa shape index (κ3) is 5.70. The van der Waals surface area contributed by atoms with Crippen LogP contribution in [0, 0.1) is 0 Å². The van der Waals surface area contributed by atoms with Gasteiger partial charge in [0.2, 0.25) is 12.7 Å². The molecule has 0 fully saturated rings. The molecule has 4 aromatic rings. The lowest BCUT2D eigenvalue weighted by Gasteiger charge is -2.11. The van der Waals surface area contributed by atoms with Crippen LogP contribution in [0.3, 0.4) is 0 Å². The van der Waals surface area contributed by atoms with E-state index in [1.807, 2.05) is 34.9 Å². The zero-order chi connectivity index (χ0) is 24.0. The van der Waals surface area contributed by atoms with Gasteiger partial charge in [0.05, 0.1) is 0 Å². The molecule has 1 amide bonds. The number of thioether (sulfide) groups is 1. The van der Waals surface area contributed by atoms with E-state index in [4.69, 9.17) is 25.8 Å². The van der Waals surface area contributed by atoms with Crippen molar-refractivity contribution >= 4 is 35.0 Å². The van der Waals surface area contributed by atoms with Gasteiger partial charge >= 0.3 is 0 Å². The Kier molecular flexibility index (Phi) is 7.06. The third-order valence-electron chi connectivity index (χ3n) is 5.11. The third-order valence-corrected chi connectivity index (χ3v) is 6.30. The molecule has 0 aliphatic carbocycles. The Morgan fingerprint density at radius 1 is 1.03 bits per heavy atom. The van der Waals surface area contributed by atoms with Crippen LogP contribution in [-0.4, -0.2) is 33.2 Å². The number of fused-ring (bicyclic) bond motifs is 1. The summed E-state index contributed by atoms with van der Waals surface area (Å²) in [5.41, 5.74) is 1.58. The standard InChI is InChI=1S/C25H21ClN4O4S/c26-17-6-9-20(10-7-17)32-15-23-28-29-25(30(23)19-4-2-1-3-5-19)35-13-12-24(31)27-18-8-11-21-22(14-18)34-16-33-21/h1-11,14H,12-13,15-16H2,(H,27,31). The number of ether oxygens (including phenoxy) is 3. The highest BCUT2D eigenvalue weighted by atomic mass is 35.5. The van der Waals surface area contributed by atoms with Crippen LogP contribution in [0.15, 0.2) is 78.0 Å². The molecule has 0 atom stereocenters. The molecular formula is C25H21ClN4O4S. The summed E-state index contributed by atoms with van der Waals surface area (Å²) in [6, 6.07) is 22.3. The molecule has 0 saturated heterocycles. The van der Waals surface area contributed by atoms with E-state index in [2.05, 4.69) is 15.5 Å². The van der Waals surface area contributed by atoms with Crippen LogP contribution in [-0.2, 0) is 11.4 Å². The van der Waals surface area contributed by atoms with Crippen LogP contribution < -0.4 is 19.5 Å². The number of carbonyl (C=O) groups excluding carboxylic acids is 1. The monoisotopic (exact) mass is 508 g/mol. The predicted octanol–water partition coefficient (Wildman–Crippen LogP) is 5.35. The predicted molar refractivity (Wildman–Crippen MR) is 134 cm³/mol. The fourth-order valence-electron chi connectivity index (χ4n) is 3.44. The molecular weight excluding hydrogens is 488 g/mol. The van der Waals surface area contributed by atoms with Crippen LogP contribution >= 0.6 is 23.4 Å². The Bertz CT molecular complexity index is 1320. The summed E-state index contributed by atoms with van der Waals surface area (Å²) in [5.74, 6) is 3.06. The van der Waals surface area contributed by atoms with E-state index in [0.717, 1.165) is 5.69 Å². The van der Waals surface area contributed by atoms with E-state index in [9.17, 15) is 4.79 Å². The molecule has 8 nitrogen and oxygen atoms in total. The summed E-state index contributed by atoms with van der Waals surface area (Å²) >= 11 is 7.41. The van der Waals surface area contributed by atoms with E-state index >= 15 is 0 Å². The second-order valence-corrected chi connectivity index (χ2v) is 9.03. The first-order valence-corrected chi connectivity index (χ1v) is 12.2. The van der Waals surface area contributed by atoms with Crippen molar-refractivity contribution in [3.8, 4) is 22.9 Å². The number of benzene rings is 3. The number of amides is 1. The lowest BCUT2D eigenvalue weighted by molar-refractivity contribution is -0.115. The van der Waals surface area contributed by atoms with Crippen molar-refractivity contribution in [1.29, 1.82) is 0 Å². The van der Waals surface area contributed by atoms with Crippen molar-refractivity contribution in [2.24, 2.45) is 0 Å². The summed E-state index contributed by atoms with van der Waals surface area (Å²) in [6.45, 7) is 0.423. The first kappa shape index (κ1) is 23.1. The van der Waals surface area contributed by atoms with Crippen LogP contribution in [0.2, 0.25) is 5.02 Å². The lowest BCUT2D eigenvalue weighted by Crippen LogP contribution is -2.12. The van der Waals surface area contributed by atoms with E-state index in [1.54, 1.807) is 42.5 Å². The number of nitrogens with one attached hydrogen (secondary N) is 1. The number of anilines is 1. The summed E-state index contributed by atoms with van der Waals surface area (Å²) < 4.78 is 18.5. The molecule has 5 rings (SSSR count). The fourth-order valence-corrected chi connectivity index (χ4v) is 4.47. The van der Waals surface area contributed by atoms with E-state index in [0.29, 0.717) is 51.1 Å². The number of halogens is 1. The van der Waals surface area contributed by atoms with Crippen molar-refractivity contribution in [3.05, 3.63) is 83.6 Å². The normalized spacial score (nSPS) is 11.9. The maximum atomic E-state index is 12.5. The van der Waals surface area contributed by atoms with Crippen molar-refractivity contribution in [3.63, 3.8) is 0 Å². The van der Waals surface area contributed by atoms with Crippen LogP contribution in [0.4, 0.5) is 5.69 Å². The highest BCUT2D eigenvalue weighted by molar-refractivity contribution is 7.99. The van der Waals surface area contributed by atoms with Crippen LogP contribution in [0.1, 0.15) is 12.2 Å².